The van der Waals surface area contributed by atoms with Gasteiger partial charge in [0.05, 0.1) is 19.6 Å². The van der Waals surface area contributed by atoms with E-state index in [-0.39, 0.29) is 17.3 Å². The second-order valence-corrected chi connectivity index (χ2v) is 8.37. The maximum absolute atomic E-state index is 12.8. The van der Waals surface area contributed by atoms with Crippen molar-refractivity contribution in [2.75, 3.05) is 19.6 Å². The van der Waals surface area contributed by atoms with Gasteiger partial charge < -0.3 is 10.2 Å². The number of nitrogens with one attached hydrogen (secondary N) is 2. The minimum absolute atomic E-state index is 0.182. The molecule has 0 bridgehead atoms. The summed E-state index contributed by atoms with van der Waals surface area (Å²) in [6.07, 6.45) is 10.3. The van der Waals surface area contributed by atoms with Gasteiger partial charge in [-0.25, -0.2) is 9.50 Å². The Morgan fingerprint density at radius 1 is 1.11 bits per heavy atom. The minimum Gasteiger partial charge on any atom is -0.343 e. The number of carbonyl (C=O) groups is 1. The number of aryl methyl sites for hydroxylation is 2. The minimum atomic E-state index is -0.182. The molecule has 2 aromatic heterocycles. The molecular formula is C20H31N6O+. The lowest BCUT2D eigenvalue weighted by Crippen LogP contribution is -3.22. The number of hydrogen-bond acceptors (Lipinski definition) is 4. The van der Waals surface area contributed by atoms with Gasteiger partial charge in [0.2, 0.25) is 5.82 Å². The molecular weight excluding hydrogens is 340 g/mol. The maximum atomic E-state index is 12.8. The lowest BCUT2D eigenvalue weighted by molar-refractivity contribution is -0.957. The molecule has 2 aromatic rings. The van der Waals surface area contributed by atoms with Crippen molar-refractivity contribution in [3.8, 4) is 0 Å². The topological polar surface area (TPSA) is 76.6 Å². The van der Waals surface area contributed by atoms with Crippen molar-refractivity contribution in [2.45, 2.75) is 70.8 Å². The Balaban J connectivity index is 1.50. The summed E-state index contributed by atoms with van der Waals surface area (Å²) in [7, 11) is 0. The summed E-state index contributed by atoms with van der Waals surface area (Å²) in [6.45, 7) is 7.09. The smallest absolute Gasteiger partial charge is 0.291 e. The molecule has 0 aromatic carbocycles. The Morgan fingerprint density at radius 2 is 1.81 bits per heavy atom. The average Bonchev–Trinajstić information content (AvgIpc) is 3.12. The summed E-state index contributed by atoms with van der Waals surface area (Å²) in [5, 5.41) is 7.55. The van der Waals surface area contributed by atoms with Crippen LogP contribution in [0.15, 0.2) is 6.07 Å². The standard InChI is InChI=1S/C20H30N6O/c1-15-13-16(2)26-19(22-15)23-17(24-26)18(27)21-14-20(9-5-3-6-10-20)25-11-7-4-8-12-25/h13H,3-12,14H2,1-2H3,(H,21,27)/p+1. The van der Waals surface area contributed by atoms with Crippen LogP contribution >= 0.6 is 0 Å². The predicted octanol–water partition coefficient (Wildman–Crippen LogP) is 1.24. The number of nitrogens with zero attached hydrogens (tertiary/aromatic N) is 4. The van der Waals surface area contributed by atoms with Gasteiger partial charge in [0, 0.05) is 24.2 Å². The Kier molecular flexibility index (Phi) is 5.12. The van der Waals surface area contributed by atoms with Gasteiger partial charge in [-0.1, -0.05) is 6.42 Å². The van der Waals surface area contributed by atoms with Crippen molar-refractivity contribution in [2.24, 2.45) is 0 Å². The van der Waals surface area contributed by atoms with E-state index >= 15 is 0 Å². The number of amides is 1. The second-order valence-electron chi connectivity index (χ2n) is 8.37. The fourth-order valence-electron chi connectivity index (χ4n) is 4.98. The van der Waals surface area contributed by atoms with Crippen LogP contribution in [0.2, 0.25) is 0 Å². The molecule has 1 amide bonds. The molecule has 1 aliphatic heterocycles. The number of piperidine rings is 1. The van der Waals surface area contributed by atoms with E-state index in [1.165, 1.54) is 64.5 Å². The molecule has 7 nitrogen and oxygen atoms in total. The van der Waals surface area contributed by atoms with Gasteiger partial charge in [-0.2, -0.15) is 4.98 Å². The van der Waals surface area contributed by atoms with Crippen LogP contribution in [0.25, 0.3) is 5.78 Å². The van der Waals surface area contributed by atoms with E-state index in [1.54, 1.807) is 9.42 Å². The number of fused-ring (bicyclic) bond motifs is 1. The normalized spacial score (nSPS) is 20.7. The first-order valence-corrected chi connectivity index (χ1v) is 10.4. The van der Waals surface area contributed by atoms with E-state index in [1.807, 2.05) is 19.9 Å². The number of quaternary nitrogens is 1. The summed E-state index contributed by atoms with van der Waals surface area (Å²) in [5.41, 5.74) is 2.01. The molecule has 27 heavy (non-hydrogen) atoms. The number of aromatic nitrogens is 4. The van der Waals surface area contributed by atoms with Crippen LogP contribution in [0.5, 0.6) is 0 Å². The largest absolute Gasteiger partial charge is 0.343 e. The van der Waals surface area contributed by atoms with Crippen LogP contribution in [-0.2, 0) is 0 Å². The molecule has 3 heterocycles. The molecule has 0 radical (unpaired) electrons. The van der Waals surface area contributed by atoms with E-state index in [2.05, 4.69) is 20.4 Å². The van der Waals surface area contributed by atoms with Crippen LogP contribution in [-0.4, -0.2) is 50.7 Å². The summed E-state index contributed by atoms with van der Waals surface area (Å²) >= 11 is 0. The molecule has 0 unspecified atom stereocenters. The lowest BCUT2D eigenvalue weighted by atomic mass is 9.79. The molecule has 1 saturated heterocycles. The highest BCUT2D eigenvalue weighted by Crippen LogP contribution is 2.26. The van der Waals surface area contributed by atoms with Crippen molar-refractivity contribution >= 4 is 11.7 Å². The van der Waals surface area contributed by atoms with E-state index in [0.29, 0.717) is 5.78 Å². The van der Waals surface area contributed by atoms with E-state index < -0.39 is 0 Å². The molecule has 0 spiro atoms. The summed E-state index contributed by atoms with van der Waals surface area (Å²) < 4.78 is 1.65. The van der Waals surface area contributed by atoms with Gasteiger partial charge in [-0.3, -0.25) is 4.79 Å². The maximum Gasteiger partial charge on any atom is 0.291 e. The van der Waals surface area contributed by atoms with Gasteiger partial charge in [-0.15, -0.1) is 5.10 Å². The van der Waals surface area contributed by atoms with Crippen LogP contribution < -0.4 is 10.2 Å². The van der Waals surface area contributed by atoms with Crippen molar-refractivity contribution in [3.63, 3.8) is 0 Å². The van der Waals surface area contributed by atoms with Crippen LogP contribution in [0.1, 0.15) is 73.4 Å². The number of rotatable bonds is 4. The fraction of sp³-hybridized carbons (Fsp3) is 0.700. The SMILES string of the molecule is Cc1cc(C)n2nc(C(=O)NCC3([NH+]4CCCCC4)CCCCC3)nc2n1. The molecule has 4 rings (SSSR count). The monoisotopic (exact) mass is 371 g/mol. The van der Waals surface area contributed by atoms with E-state index in [4.69, 9.17) is 0 Å². The average molecular weight is 372 g/mol. The van der Waals surface area contributed by atoms with E-state index in [0.717, 1.165) is 17.9 Å². The first-order valence-electron chi connectivity index (χ1n) is 10.4. The predicted molar refractivity (Wildman–Crippen MR) is 103 cm³/mol. The highest BCUT2D eigenvalue weighted by atomic mass is 16.2. The third-order valence-corrected chi connectivity index (χ3v) is 6.43. The number of carbonyl (C=O) groups excluding carboxylic acids is 1. The zero-order chi connectivity index (χ0) is 18.9. The summed E-state index contributed by atoms with van der Waals surface area (Å²) in [5.74, 6) is 0.529. The molecule has 1 aliphatic carbocycles. The number of likely N-dealkylation sites (tertiary alicyclic amines) is 1. The number of hydrogen-bond donors (Lipinski definition) is 2. The molecule has 1 saturated carbocycles. The van der Waals surface area contributed by atoms with Gasteiger partial charge in [-0.05, 0) is 52.0 Å². The lowest BCUT2D eigenvalue weighted by Gasteiger charge is -2.45. The van der Waals surface area contributed by atoms with Crippen LogP contribution in [0.3, 0.4) is 0 Å². The molecule has 0 atom stereocenters. The van der Waals surface area contributed by atoms with Gasteiger partial charge in [0.25, 0.3) is 11.7 Å². The highest BCUT2D eigenvalue weighted by molar-refractivity contribution is 5.90. The zero-order valence-corrected chi connectivity index (χ0v) is 16.6. The first-order chi connectivity index (χ1) is 13.1. The Bertz CT molecular complexity index is 817. The molecule has 2 fully saturated rings. The first kappa shape index (κ1) is 18.3. The van der Waals surface area contributed by atoms with Gasteiger partial charge in [0.15, 0.2) is 0 Å². The third kappa shape index (κ3) is 3.70. The van der Waals surface area contributed by atoms with Crippen molar-refractivity contribution in [1.29, 1.82) is 0 Å². The molecule has 7 heteroatoms. The summed E-state index contributed by atoms with van der Waals surface area (Å²) in [6, 6.07) is 1.94. The van der Waals surface area contributed by atoms with E-state index in [9.17, 15) is 4.79 Å². The van der Waals surface area contributed by atoms with Crippen molar-refractivity contribution < 1.29 is 9.69 Å². The summed E-state index contributed by atoms with van der Waals surface area (Å²) in [4.78, 5) is 23.2. The second kappa shape index (κ2) is 7.54. The Hall–Kier alpha value is -2.02. The van der Waals surface area contributed by atoms with Crippen molar-refractivity contribution in [1.82, 2.24) is 24.9 Å². The highest BCUT2D eigenvalue weighted by Gasteiger charge is 2.42. The fourth-order valence-corrected chi connectivity index (χ4v) is 4.98. The molecule has 2 N–H and O–H groups in total. The molecule has 146 valence electrons. The Morgan fingerprint density at radius 3 is 2.56 bits per heavy atom. The van der Waals surface area contributed by atoms with Gasteiger partial charge in [0.1, 0.15) is 5.54 Å². The quantitative estimate of drug-likeness (QED) is 0.848. The molecule has 2 aliphatic rings. The van der Waals surface area contributed by atoms with Crippen molar-refractivity contribution in [3.05, 3.63) is 23.3 Å². The van der Waals surface area contributed by atoms with Crippen LogP contribution in [0, 0.1) is 13.8 Å². The van der Waals surface area contributed by atoms with Gasteiger partial charge >= 0.3 is 0 Å². The third-order valence-electron chi connectivity index (χ3n) is 6.43. The van der Waals surface area contributed by atoms with Crippen LogP contribution in [0.4, 0.5) is 0 Å². The zero-order valence-electron chi connectivity index (χ0n) is 16.6. The Labute approximate surface area is 160 Å².